The Morgan fingerprint density at radius 2 is 2.09 bits per heavy atom. The van der Waals surface area contributed by atoms with Crippen LogP contribution in [0, 0.1) is 5.82 Å². The number of carbonyl (C=O) groups excluding carboxylic acids is 1. The van der Waals surface area contributed by atoms with Crippen molar-refractivity contribution in [2.75, 3.05) is 12.0 Å². The molecular formula is C14H19FN2O3S2. The largest absolute Gasteiger partial charge is 0.352 e. The molecular weight excluding hydrogens is 327 g/mol. The van der Waals surface area contributed by atoms with Crippen LogP contribution in [0.1, 0.15) is 19.3 Å². The molecule has 8 heteroatoms. The van der Waals surface area contributed by atoms with Gasteiger partial charge < -0.3 is 5.32 Å². The highest BCUT2D eigenvalue weighted by Crippen LogP contribution is 2.20. The summed E-state index contributed by atoms with van der Waals surface area (Å²) in [6.07, 6.45) is 4.07. The Morgan fingerprint density at radius 3 is 2.68 bits per heavy atom. The molecule has 1 atom stereocenters. The smallest absolute Gasteiger partial charge is 0.244 e. The molecule has 22 heavy (non-hydrogen) atoms. The molecule has 1 aliphatic rings. The minimum atomic E-state index is -4.08. The van der Waals surface area contributed by atoms with Gasteiger partial charge in [-0.3, -0.25) is 4.79 Å². The fraction of sp³-hybridized carbons (Fsp3) is 0.500. The van der Waals surface area contributed by atoms with Crippen LogP contribution < -0.4 is 10.0 Å². The van der Waals surface area contributed by atoms with Crippen molar-refractivity contribution >= 4 is 27.7 Å². The molecule has 5 nitrogen and oxygen atoms in total. The maximum absolute atomic E-state index is 13.7. The first-order chi connectivity index (χ1) is 10.4. The number of sulfonamides is 1. The van der Waals surface area contributed by atoms with E-state index < -0.39 is 26.8 Å². The Hall–Kier alpha value is -1.12. The van der Waals surface area contributed by atoms with Crippen molar-refractivity contribution in [1.29, 1.82) is 0 Å². The van der Waals surface area contributed by atoms with Gasteiger partial charge in [0.1, 0.15) is 16.8 Å². The van der Waals surface area contributed by atoms with Crippen LogP contribution in [0.15, 0.2) is 29.2 Å². The van der Waals surface area contributed by atoms with Gasteiger partial charge in [-0.1, -0.05) is 12.1 Å². The number of hydrogen-bond acceptors (Lipinski definition) is 4. The Kier molecular flexibility index (Phi) is 5.82. The lowest BCUT2D eigenvalue weighted by Gasteiger charge is -2.18. The third-order valence-corrected chi connectivity index (χ3v) is 5.42. The molecule has 2 rings (SSSR count). The second kappa shape index (κ2) is 7.43. The Balaban J connectivity index is 2.13. The van der Waals surface area contributed by atoms with Gasteiger partial charge >= 0.3 is 0 Å². The zero-order valence-corrected chi connectivity index (χ0v) is 13.8. The van der Waals surface area contributed by atoms with Gasteiger partial charge in [0.15, 0.2) is 0 Å². The molecule has 1 fully saturated rings. The highest BCUT2D eigenvalue weighted by Gasteiger charge is 2.31. The average Bonchev–Trinajstić information content (AvgIpc) is 3.27. The van der Waals surface area contributed by atoms with Gasteiger partial charge in [-0.15, -0.1) is 0 Å². The summed E-state index contributed by atoms with van der Waals surface area (Å²) in [6.45, 7) is 0. The highest BCUT2D eigenvalue weighted by atomic mass is 32.2. The van der Waals surface area contributed by atoms with Crippen molar-refractivity contribution in [1.82, 2.24) is 10.0 Å². The summed E-state index contributed by atoms with van der Waals surface area (Å²) in [6, 6.07) is 4.37. The number of benzene rings is 1. The zero-order valence-electron chi connectivity index (χ0n) is 12.2. The number of halogens is 1. The number of amides is 1. The van der Waals surface area contributed by atoms with Crippen LogP contribution in [-0.2, 0) is 14.8 Å². The molecule has 0 heterocycles. The first-order valence-electron chi connectivity index (χ1n) is 7.00. The summed E-state index contributed by atoms with van der Waals surface area (Å²) in [5.74, 6) is -0.555. The zero-order chi connectivity index (χ0) is 16.2. The van der Waals surface area contributed by atoms with Crippen molar-refractivity contribution in [3.05, 3.63) is 30.1 Å². The minimum absolute atomic E-state index is 0.141. The van der Waals surface area contributed by atoms with Crippen molar-refractivity contribution in [3.63, 3.8) is 0 Å². The average molecular weight is 346 g/mol. The number of nitrogens with one attached hydrogen (secondary N) is 2. The molecule has 0 bridgehead atoms. The SMILES string of the molecule is CSCCC(NS(=O)(=O)c1ccccc1F)C(=O)NC1CC1. The van der Waals surface area contributed by atoms with Gasteiger partial charge in [-0.2, -0.15) is 16.5 Å². The maximum atomic E-state index is 13.7. The van der Waals surface area contributed by atoms with E-state index in [4.69, 9.17) is 0 Å². The summed E-state index contributed by atoms with van der Waals surface area (Å²) < 4.78 is 40.6. The van der Waals surface area contributed by atoms with Crippen molar-refractivity contribution < 1.29 is 17.6 Å². The molecule has 0 saturated heterocycles. The Labute approximate surface area is 134 Å². The van der Waals surface area contributed by atoms with E-state index in [1.165, 1.54) is 30.0 Å². The van der Waals surface area contributed by atoms with Gasteiger partial charge in [0.2, 0.25) is 15.9 Å². The van der Waals surface area contributed by atoms with Crippen LogP contribution in [-0.4, -0.2) is 38.4 Å². The van der Waals surface area contributed by atoms with E-state index in [2.05, 4.69) is 10.0 Å². The maximum Gasteiger partial charge on any atom is 0.244 e. The summed E-state index contributed by atoms with van der Waals surface area (Å²) in [4.78, 5) is 11.7. The van der Waals surface area contributed by atoms with Crippen LogP contribution in [0.4, 0.5) is 4.39 Å². The number of carbonyl (C=O) groups is 1. The van der Waals surface area contributed by atoms with E-state index >= 15 is 0 Å². The van der Waals surface area contributed by atoms with Crippen LogP contribution in [0.3, 0.4) is 0 Å². The van der Waals surface area contributed by atoms with Crippen LogP contribution >= 0.6 is 11.8 Å². The second-order valence-corrected chi connectivity index (χ2v) is 7.84. The van der Waals surface area contributed by atoms with E-state index in [0.29, 0.717) is 12.2 Å². The quantitative estimate of drug-likeness (QED) is 0.748. The van der Waals surface area contributed by atoms with Crippen molar-refractivity contribution in [2.24, 2.45) is 0 Å². The fourth-order valence-electron chi connectivity index (χ4n) is 1.92. The van der Waals surface area contributed by atoms with E-state index in [9.17, 15) is 17.6 Å². The summed E-state index contributed by atoms with van der Waals surface area (Å²) in [5, 5.41) is 2.78. The minimum Gasteiger partial charge on any atom is -0.352 e. The van der Waals surface area contributed by atoms with E-state index in [1.54, 1.807) is 0 Å². The lowest BCUT2D eigenvalue weighted by Crippen LogP contribution is -2.47. The van der Waals surface area contributed by atoms with Gasteiger partial charge in [0.25, 0.3) is 0 Å². The fourth-order valence-corrected chi connectivity index (χ4v) is 3.70. The molecule has 2 N–H and O–H groups in total. The molecule has 0 radical (unpaired) electrons. The molecule has 0 aromatic heterocycles. The van der Waals surface area contributed by atoms with E-state index in [0.717, 1.165) is 18.9 Å². The molecule has 1 amide bonds. The molecule has 0 spiro atoms. The van der Waals surface area contributed by atoms with Gasteiger partial charge in [-0.05, 0) is 43.4 Å². The molecule has 1 aromatic rings. The van der Waals surface area contributed by atoms with Gasteiger partial charge in [0, 0.05) is 6.04 Å². The Morgan fingerprint density at radius 1 is 1.41 bits per heavy atom. The van der Waals surface area contributed by atoms with Crippen molar-refractivity contribution in [2.45, 2.75) is 36.2 Å². The van der Waals surface area contributed by atoms with Gasteiger partial charge in [0.05, 0.1) is 0 Å². The summed E-state index contributed by atoms with van der Waals surface area (Å²) in [5.41, 5.74) is 0. The molecule has 122 valence electrons. The van der Waals surface area contributed by atoms with E-state index in [1.807, 2.05) is 6.26 Å². The highest BCUT2D eigenvalue weighted by molar-refractivity contribution is 7.98. The summed E-state index contributed by atoms with van der Waals surface area (Å²) in [7, 11) is -4.08. The molecule has 1 unspecified atom stereocenters. The number of thioether (sulfide) groups is 1. The predicted molar refractivity (Wildman–Crippen MR) is 84.7 cm³/mol. The first kappa shape index (κ1) is 17.2. The standard InChI is InChI=1S/C14H19FN2O3S2/c1-21-9-8-12(14(18)16-10-6-7-10)17-22(19,20)13-5-3-2-4-11(13)15/h2-5,10,12,17H,6-9H2,1H3,(H,16,18). The van der Waals surface area contributed by atoms with Crippen LogP contribution in [0.5, 0.6) is 0 Å². The Bertz CT molecular complexity index is 633. The summed E-state index contributed by atoms with van der Waals surface area (Å²) >= 11 is 1.52. The monoisotopic (exact) mass is 346 g/mol. The third kappa shape index (κ3) is 4.69. The molecule has 1 aliphatic carbocycles. The number of rotatable bonds is 8. The lowest BCUT2D eigenvalue weighted by atomic mass is 10.2. The van der Waals surface area contributed by atoms with Crippen LogP contribution in [0.2, 0.25) is 0 Å². The van der Waals surface area contributed by atoms with Crippen LogP contribution in [0.25, 0.3) is 0 Å². The van der Waals surface area contributed by atoms with Gasteiger partial charge in [-0.25, -0.2) is 12.8 Å². The second-order valence-electron chi connectivity index (χ2n) is 5.17. The third-order valence-electron chi connectivity index (χ3n) is 3.27. The molecule has 0 aliphatic heterocycles. The topological polar surface area (TPSA) is 75.3 Å². The first-order valence-corrected chi connectivity index (χ1v) is 9.88. The molecule has 1 aromatic carbocycles. The normalized spacial score (nSPS) is 16.3. The number of hydrogen-bond donors (Lipinski definition) is 2. The van der Waals surface area contributed by atoms with Crippen molar-refractivity contribution in [3.8, 4) is 0 Å². The molecule has 1 saturated carbocycles. The lowest BCUT2D eigenvalue weighted by molar-refractivity contribution is -0.122. The van der Waals surface area contributed by atoms with E-state index in [-0.39, 0.29) is 11.9 Å². The predicted octanol–water partition coefficient (Wildman–Crippen LogP) is 1.50.